The summed E-state index contributed by atoms with van der Waals surface area (Å²) in [5.74, 6) is 1.84. The lowest BCUT2D eigenvalue weighted by molar-refractivity contribution is 0.163. The van der Waals surface area contributed by atoms with Crippen molar-refractivity contribution in [2.24, 2.45) is 17.8 Å². The van der Waals surface area contributed by atoms with Crippen LogP contribution in [0.1, 0.15) is 34.1 Å². The summed E-state index contributed by atoms with van der Waals surface area (Å²) in [6.07, 6.45) is 1.21. The van der Waals surface area contributed by atoms with E-state index in [1.54, 1.807) is 0 Å². The van der Waals surface area contributed by atoms with Crippen LogP contribution in [0.25, 0.3) is 0 Å². The molecule has 0 aliphatic heterocycles. The van der Waals surface area contributed by atoms with Crippen LogP contribution in [0.4, 0.5) is 0 Å². The van der Waals surface area contributed by atoms with Gasteiger partial charge in [0.05, 0.1) is 0 Å². The average Bonchev–Trinajstić information content (AvgIpc) is 2.00. The normalized spacial score (nSPS) is 20.1. The van der Waals surface area contributed by atoms with Crippen molar-refractivity contribution in [3.63, 3.8) is 0 Å². The zero-order valence-electron chi connectivity index (χ0n) is 7.59. The van der Waals surface area contributed by atoms with E-state index >= 15 is 0 Å². The molecular formula is C9H20O. The highest BCUT2D eigenvalue weighted by Gasteiger charge is 2.16. The van der Waals surface area contributed by atoms with Crippen LogP contribution in [-0.2, 0) is 0 Å². The van der Waals surface area contributed by atoms with E-state index in [-0.39, 0.29) is 0 Å². The third-order valence-corrected chi connectivity index (χ3v) is 2.73. The summed E-state index contributed by atoms with van der Waals surface area (Å²) in [4.78, 5) is 0. The summed E-state index contributed by atoms with van der Waals surface area (Å²) in [7, 11) is 0. The highest BCUT2D eigenvalue weighted by Crippen LogP contribution is 2.22. The average molecular weight is 144 g/mol. The summed E-state index contributed by atoms with van der Waals surface area (Å²) in [5, 5.41) is 8.85. The topological polar surface area (TPSA) is 20.2 Å². The Hall–Kier alpha value is -0.0400. The van der Waals surface area contributed by atoms with Gasteiger partial charge in [-0.2, -0.15) is 0 Å². The van der Waals surface area contributed by atoms with Crippen molar-refractivity contribution in [1.29, 1.82) is 0 Å². The van der Waals surface area contributed by atoms with E-state index in [1.165, 1.54) is 6.42 Å². The molecule has 62 valence electrons. The minimum absolute atomic E-state index is 0.325. The summed E-state index contributed by atoms with van der Waals surface area (Å²) in [5.41, 5.74) is 0. The van der Waals surface area contributed by atoms with Crippen molar-refractivity contribution in [2.75, 3.05) is 6.61 Å². The zero-order chi connectivity index (χ0) is 8.15. The smallest absolute Gasteiger partial charge is 0.0459 e. The molecule has 1 nitrogen and oxygen atoms in total. The molecule has 3 unspecified atom stereocenters. The molecule has 3 atom stereocenters. The molecule has 10 heavy (non-hydrogen) atoms. The molecule has 0 radical (unpaired) electrons. The van der Waals surface area contributed by atoms with E-state index in [4.69, 9.17) is 5.11 Å². The first-order valence-corrected chi connectivity index (χ1v) is 4.24. The largest absolute Gasteiger partial charge is 0.396 e. The molecule has 0 saturated carbocycles. The van der Waals surface area contributed by atoms with E-state index < -0.39 is 0 Å². The predicted octanol–water partition coefficient (Wildman–Crippen LogP) is 2.30. The van der Waals surface area contributed by atoms with Crippen molar-refractivity contribution in [3.8, 4) is 0 Å². The molecule has 0 bridgehead atoms. The molecule has 1 heteroatoms. The maximum atomic E-state index is 8.85. The molecular weight excluding hydrogens is 124 g/mol. The Morgan fingerprint density at radius 2 is 1.60 bits per heavy atom. The second kappa shape index (κ2) is 4.73. The van der Waals surface area contributed by atoms with Gasteiger partial charge in [-0.1, -0.05) is 34.1 Å². The second-order valence-electron chi connectivity index (χ2n) is 3.40. The second-order valence-corrected chi connectivity index (χ2v) is 3.40. The van der Waals surface area contributed by atoms with Gasteiger partial charge in [0.15, 0.2) is 0 Å². The molecule has 1 N–H and O–H groups in total. The highest BCUT2D eigenvalue weighted by atomic mass is 16.3. The van der Waals surface area contributed by atoms with Gasteiger partial charge in [-0.05, 0) is 17.8 Å². The Morgan fingerprint density at radius 1 is 1.10 bits per heavy atom. The van der Waals surface area contributed by atoms with Gasteiger partial charge in [0.2, 0.25) is 0 Å². The van der Waals surface area contributed by atoms with Crippen LogP contribution in [0.3, 0.4) is 0 Å². The van der Waals surface area contributed by atoms with Gasteiger partial charge in [0.25, 0.3) is 0 Å². The van der Waals surface area contributed by atoms with Crippen LogP contribution in [0.5, 0.6) is 0 Å². The van der Waals surface area contributed by atoms with E-state index in [9.17, 15) is 0 Å². The van der Waals surface area contributed by atoms with Crippen molar-refractivity contribution < 1.29 is 5.11 Å². The summed E-state index contributed by atoms with van der Waals surface area (Å²) < 4.78 is 0. The fourth-order valence-electron chi connectivity index (χ4n) is 1.10. The number of rotatable bonds is 4. The zero-order valence-corrected chi connectivity index (χ0v) is 7.59. The number of hydrogen-bond donors (Lipinski definition) is 1. The van der Waals surface area contributed by atoms with Crippen molar-refractivity contribution in [3.05, 3.63) is 0 Å². The first-order chi connectivity index (χ1) is 4.63. The lowest BCUT2D eigenvalue weighted by atomic mass is 9.84. The molecule has 0 spiro atoms. The van der Waals surface area contributed by atoms with Crippen molar-refractivity contribution in [2.45, 2.75) is 34.1 Å². The monoisotopic (exact) mass is 144 g/mol. The van der Waals surface area contributed by atoms with Crippen LogP contribution in [0.2, 0.25) is 0 Å². The molecule has 0 aliphatic carbocycles. The molecule has 0 aromatic carbocycles. The Balaban J connectivity index is 3.69. The van der Waals surface area contributed by atoms with Crippen LogP contribution >= 0.6 is 0 Å². The van der Waals surface area contributed by atoms with Gasteiger partial charge in [0, 0.05) is 6.61 Å². The lowest BCUT2D eigenvalue weighted by Crippen LogP contribution is -2.18. The Bertz CT molecular complexity index is 70.8. The molecule has 0 aromatic heterocycles. The van der Waals surface area contributed by atoms with Crippen LogP contribution in [-0.4, -0.2) is 11.7 Å². The fourth-order valence-corrected chi connectivity index (χ4v) is 1.10. The molecule has 0 rings (SSSR count). The van der Waals surface area contributed by atoms with Gasteiger partial charge >= 0.3 is 0 Å². The maximum absolute atomic E-state index is 8.85. The Labute approximate surface area is 64.5 Å². The van der Waals surface area contributed by atoms with Crippen LogP contribution in [0.15, 0.2) is 0 Å². The van der Waals surface area contributed by atoms with Crippen molar-refractivity contribution >= 4 is 0 Å². The van der Waals surface area contributed by atoms with Gasteiger partial charge in [-0.25, -0.2) is 0 Å². The SMILES string of the molecule is CCC(C)C(C)C(C)CO. The minimum Gasteiger partial charge on any atom is -0.396 e. The minimum atomic E-state index is 0.325. The van der Waals surface area contributed by atoms with Gasteiger partial charge in [0.1, 0.15) is 0 Å². The van der Waals surface area contributed by atoms with Crippen molar-refractivity contribution in [1.82, 2.24) is 0 Å². The third kappa shape index (κ3) is 2.70. The van der Waals surface area contributed by atoms with E-state index in [1.807, 2.05) is 0 Å². The third-order valence-electron chi connectivity index (χ3n) is 2.73. The number of hydrogen-bond acceptors (Lipinski definition) is 1. The van der Waals surface area contributed by atoms with E-state index in [0.717, 1.165) is 5.92 Å². The van der Waals surface area contributed by atoms with Gasteiger partial charge in [-0.15, -0.1) is 0 Å². The van der Waals surface area contributed by atoms with E-state index in [2.05, 4.69) is 27.7 Å². The molecule has 0 fully saturated rings. The number of aliphatic hydroxyl groups excluding tert-OH is 1. The lowest BCUT2D eigenvalue weighted by Gasteiger charge is -2.23. The van der Waals surface area contributed by atoms with Gasteiger partial charge in [-0.3, -0.25) is 0 Å². The number of aliphatic hydroxyl groups is 1. The predicted molar refractivity (Wildman–Crippen MR) is 44.9 cm³/mol. The first kappa shape index (κ1) is 9.96. The molecule has 0 amide bonds. The van der Waals surface area contributed by atoms with Gasteiger partial charge < -0.3 is 5.11 Å². The standard InChI is InChI=1S/C9H20O/c1-5-7(2)9(4)8(3)6-10/h7-10H,5-6H2,1-4H3. The molecule has 0 aliphatic rings. The Morgan fingerprint density at radius 3 is 1.90 bits per heavy atom. The Kier molecular flexibility index (Phi) is 4.71. The summed E-state index contributed by atoms with van der Waals surface area (Å²) >= 11 is 0. The van der Waals surface area contributed by atoms with E-state index in [0.29, 0.717) is 18.4 Å². The van der Waals surface area contributed by atoms with Crippen LogP contribution in [0, 0.1) is 17.8 Å². The highest BCUT2D eigenvalue weighted by molar-refractivity contribution is 4.65. The summed E-state index contributed by atoms with van der Waals surface area (Å²) in [6, 6.07) is 0. The molecule has 0 saturated heterocycles. The van der Waals surface area contributed by atoms with Crippen LogP contribution < -0.4 is 0 Å². The summed E-state index contributed by atoms with van der Waals surface area (Å²) in [6.45, 7) is 9.10. The first-order valence-electron chi connectivity index (χ1n) is 4.24. The molecule has 0 aromatic rings. The maximum Gasteiger partial charge on any atom is 0.0459 e. The quantitative estimate of drug-likeness (QED) is 0.642. The fraction of sp³-hybridized carbons (Fsp3) is 1.00. The molecule has 0 heterocycles.